The van der Waals surface area contributed by atoms with Gasteiger partial charge < -0.3 is 10.2 Å². The van der Waals surface area contributed by atoms with Crippen LogP contribution in [0.2, 0.25) is 0 Å². The molecule has 0 aliphatic heterocycles. The lowest BCUT2D eigenvalue weighted by molar-refractivity contribution is 0.0767. The second kappa shape index (κ2) is 9.01. The molecule has 128 valence electrons. The molecular weight excluding hydrogens is 300 g/mol. The zero-order valence-corrected chi connectivity index (χ0v) is 14.7. The molecule has 0 bridgehead atoms. The normalized spacial score (nSPS) is 10.5. The summed E-state index contributed by atoms with van der Waals surface area (Å²) in [7, 11) is 0. The van der Waals surface area contributed by atoms with E-state index in [1.807, 2.05) is 44.2 Å². The second-order valence-corrected chi connectivity index (χ2v) is 5.59. The van der Waals surface area contributed by atoms with Gasteiger partial charge >= 0.3 is 0 Å². The average Bonchev–Trinajstić information content (AvgIpc) is 2.63. The van der Waals surface area contributed by atoms with E-state index in [9.17, 15) is 4.79 Å². The number of carbonyl (C=O) groups is 1. The van der Waals surface area contributed by atoms with Crippen LogP contribution in [0.5, 0.6) is 0 Å². The van der Waals surface area contributed by atoms with Gasteiger partial charge in [0.2, 0.25) is 0 Å². The van der Waals surface area contributed by atoms with Gasteiger partial charge in [-0.25, -0.2) is 9.97 Å². The van der Waals surface area contributed by atoms with Gasteiger partial charge in [-0.1, -0.05) is 43.7 Å². The quantitative estimate of drug-likeness (QED) is 0.749. The van der Waals surface area contributed by atoms with Crippen LogP contribution in [0.15, 0.2) is 36.4 Å². The summed E-state index contributed by atoms with van der Waals surface area (Å²) in [5.41, 5.74) is 1.34. The van der Waals surface area contributed by atoms with Crippen molar-refractivity contribution < 1.29 is 4.79 Å². The first kappa shape index (κ1) is 17.9. The van der Waals surface area contributed by atoms with Crippen molar-refractivity contribution in [3.8, 4) is 11.4 Å². The van der Waals surface area contributed by atoms with E-state index in [1.165, 1.54) is 0 Å². The lowest BCUT2D eigenvalue weighted by atomic mass is 10.2. The highest BCUT2D eigenvalue weighted by atomic mass is 16.2. The van der Waals surface area contributed by atoms with E-state index in [0.717, 1.165) is 24.9 Å². The van der Waals surface area contributed by atoms with Crippen LogP contribution in [0, 0.1) is 0 Å². The highest BCUT2D eigenvalue weighted by Crippen LogP contribution is 2.18. The van der Waals surface area contributed by atoms with Crippen LogP contribution in [0.1, 0.15) is 44.1 Å². The number of anilines is 1. The maximum Gasteiger partial charge on any atom is 0.272 e. The highest BCUT2D eigenvalue weighted by Gasteiger charge is 2.17. The van der Waals surface area contributed by atoms with Crippen LogP contribution < -0.4 is 5.32 Å². The minimum absolute atomic E-state index is 0.0573. The molecule has 1 heterocycles. The Hall–Kier alpha value is -2.43. The Morgan fingerprint density at radius 3 is 2.42 bits per heavy atom. The molecule has 0 radical (unpaired) electrons. The largest absolute Gasteiger partial charge is 0.370 e. The Morgan fingerprint density at radius 2 is 1.79 bits per heavy atom. The molecule has 5 nitrogen and oxygen atoms in total. The fourth-order valence-corrected chi connectivity index (χ4v) is 2.43. The summed E-state index contributed by atoms with van der Waals surface area (Å²) in [5, 5.41) is 3.30. The smallest absolute Gasteiger partial charge is 0.272 e. The van der Waals surface area contributed by atoms with Crippen LogP contribution in [0.25, 0.3) is 11.4 Å². The van der Waals surface area contributed by atoms with Gasteiger partial charge in [-0.3, -0.25) is 4.79 Å². The number of nitrogens with zero attached hydrogens (tertiary/aromatic N) is 3. The topological polar surface area (TPSA) is 58.1 Å². The molecule has 0 saturated carbocycles. The maximum atomic E-state index is 12.7. The van der Waals surface area contributed by atoms with Gasteiger partial charge in [0.15, 0.2) is 5.82 Å². The zero-order chi connectivity index (χ0) is 17.4. The predicted octanol–water partition coefficient (Wildman–Crippen LogP) is 3.84. The number of nitrogens with one attached hydrogen (secondary N) is 1. The van der Waals surface area contributed by atoms with Crippen molar-refractivity contribution in [3.63, 3.8) is 0 Å². The summed E-state index contributed by atoms with van der Waals surface area (Å²) < 4.78 is 0. The molecule has 0 aliphatic rings. The lowest BCUT2D eigenvalue weighted by Crippen LogP contribution is -2.31. The van der Waals surface area contributed by atoms with E-state index >= 15 is 0 Å². The SMILES string of the molecule is CCCCNc1cc(C(=O)N(CC)CC)nc(-c2ccccc2)n1. The first-order chi connectivity index (χ1) is 11.7. The van der Waals surface area contributed by atoms with Crippen molar-refractivity contribution in [2.24, 2.45) is 0 Å². The van der Waals surface area contributed by atoms with Crippen molar-refractivity contribution in [1.29, 1.82) is 0 Å². The van der Waals surface area contributed by atoms with Crippen LogP contribution >= 0.6 is 0 Å². The van der Waals surface area contributed by atoms with Crippen LogP contribution in [-0.4, -0.2) is 40.4 Å². The van der Waals surface area contributed by atoms with E-state index in [4.69, 9.17) is 0 Å². The molecule has 0 unspecified atom stereocenters. The number of benzene rings is 1. The summed E-state index contributed by atoms with van der Waals surface area (Å²) in [6.07, 6.45) is 2.17. The standard InChI is InChI=1S/C19H26N4O/c1-4-7-13-20-17-14-16(19(24)23(5-2)6-3)21-18(22-17)15-11-9-8-10-12-15/h8-12,14H,4-7,13H2,1-3H3,(H,20,21,22). The molecule has 0 atom stereocenters. The van der Waals surface area contributed by atoms with Gasteiger partial charge in [-0.2, -0.15) is 0 Å². The summed E-state index contributed by atoms with van der Waals surface area (Å²) in [6.45, 7) is 8.26. The summed E-state index contributed by atoms with van der Waals surface area (Å²) >= 11 is 0. The molecule has 0 fully saturated rings. The molecule has 1 aromatic carbocycles. The van der Waals surface area contributed by atoms with Crippen molar-refractivity contribution in [2.75, 3.05) is 25.0 Å². The molecule has 2 aromatic rings. The summed E-state index contributed by atoms with van der Waals surface area (Å²) in [6, 6.07) is 11.5. The lowest BCUT2D eigenvalue weighted by Gasteiger charge is -2.19. The average molecular weight is 326 g/mol. The minimum Gasteiger partial charge on any atom is -0.370 e. The third kappa shape index (κ3) is 4.54. The van der Waals surface area contributed by atoms with Crippen molar-refractivity contribution >= 4 is 11.7 Å². The molecule has 0 spiro atoms. The molecule has 1 amide bonds. The van der Waals surface area contributed by atoms with Gasteiger partial charge in [0.05, 0.1) is 0 Å². The monoisotopic (exact) mass is 326 g/mol. The number of hydrogen-bond acceptors (Lipinski definition) is 4. The van der Waals surface area contributed by atoms with E-state index in [0.29, 0.717) is 30.4 Å². The van der Waals surface area contributed by atoms with E-state index < -0.39 is 0 Å². The van der Waals surface area contributed by atoms with Gasteiger partial charge in [-0.05, 0) is 20.3 Å². The Kier molecular flexibility index (Phi) is 6.73. The van der Waals surface area contributed by atoms with E-state index in [1.54, 1.807) is 11.0 Å². The zero-order valence-electron chi connectivity index (χ0n) is 14.7. The number of aromatic nitrogens is 2. The fraction of sp³-hybridized carbons (Fsp3) is 0.421. The molecule has 0 saturated heterocycles. The Balaban J connectivity index is 2.38. The number of amides is 1. The van der Waals surface area contributed by atoms with Crippen LogP contribution in [0.4, 0.5) is 5.82 Å². The molecular formula is C19H26N4O. The minimum atomic E-state index is -0.0573. The summed E-state index contributed by atoms with van der Waals surface area (Å²) in [5.74, 6) is 1.22. The van der Waals surface area contributed by atoms with Gasteiger partial charge in [-0.15, -0.1) is 0 Å². The van der Waals surface area contributed by atoms with Crippen molar-refractivity contribution in [2.45, 2.75) is 33.6 Å². The predicted molar refractivity (Wildman–Crippen MR) is 98.1 cm³/mol. The third-order valence-electron chi connectivity index (χ3n) is 3.86. The Labute approximate surface area is 144 Å². The third-order valence-corrected chi connectivity index (χ3v) is 3.86. The molecule has 2 rings (SSSR count). The highest BCUT2D eigenvalue weighted by molar-refractivity contribution is 5.93. The number of carbonyl (C=O) groups excluding carboxylic acids is 1. The molecule has 24 heavy (non-hydrogen) atoms. The molecule has 5 heteroatoms. The number of unbranched alkanes of at least 4 members (excludes halogenated alkanes) is 1. The first-order valence-corrected chi connectivity index (χ1v) is 8.67. The van der Waals surface area contributed by atoms with Crippen LogP contribution in [-0.2, 0) is 0 Å². The number of hydrogen-bond donors (Lipinski definition) is 1. The van der Waals surface area contributed by atoms with Crippen LogP contribution in [0.3, 0.4) is 0 Å². The number of rotatable bonds is 8. The molecule has 0 aliphatic carbocycles. The fourth-order valence-electron chi connectivity index (χ4n) is 2.43. The van der Waals surface area contributed by atoms with Gasteiger partial charge in [0.1, 0.15) is 11.5 Å². The summed E-state index contributed by atoms with van der Waals surface area (Å²) in [4.78, 5) is 23.5. The van der Waals surface area contributed by atoms with Gasteiger partial charge in [0.25, 0.3) is 5.91 Å². The molecule has 1 aromatic heterocycles. The maximum absolute atomic E-state index is 12.7. The van der Waals surface area contributed by atoms with Gasteiger partial charge in [0, 0.05) is 31.3 Å². The first-order valence-electron chi connectivity index (χ1n) is 8.67. The van der Waals surface area contributed by atoms with Crippen molar-refractivity contribution in [1.82, 2.24) is 14.9 Å². The second-order valence-electron chi connectivity index (χ2n) is 5.59. The van der Waals surface area contributed by atoms with E-state index in [-0.39, 0.29) is 5.91 Å². The molecule has 1 N–H and O–H groups in total. The Bertz CT molecular complexity index is 654. The van der Waals surface area contributed by atoms with E-state index in [2.05, 4.69) is 22.2 Å². The van der Waals surface area contributed by atoms with Crippen molar-refractivity contribution in [3.05, 3.63) is 42.1 Å². The Morgan fingerprint density at radius 1 is 1.08 bits per heavy atom.